The van der Waals surface area contributed by atoms with Crippen LogP contribution in [0.3, 0.4) is 0 Å². The van der Waals surface area contributed by atoms with Crippen LogP contribution < -0.4 is 5.32 Å². The summed E-state index contributed by atoms with van der Waals surface area (Å²) in [5.74, 6) is -2.23. The van der Waals surface area contributed by atoms with Crippen molar-refractivity contribution in [3.8, 4) is 0 Å². The molecule has 2 aromatic rings. The van der Waals surface area contributed by atoms with Gasteiger partial charge in [0.25, 0.3) is 0 Å². The fraction of sp³-hybridized carbons (Fsp3) is 0.200. The number of anilines is 1. The van der Waals surface area contributed by atoms with Crippen molar-refractivity contribution >= 4 is 5.69 Å². The Morgan fingerprint density at radius 1 is 0.947 bits per heavy atom. The lowest BCUT2D eigenvalue weighted by Gasteiger charge is -2.18. The summed E-state index contributed by atoms with van der Waals surface area (Å²) in [6.45, 7) is 3.41. The smallest absolute Gasteiger partial charge is 0.164 e. The Kier molecular flexibility index (Phi) is 3.79. The first-order valence-corrected chi connectivity index (χ1v) is 5.96. The minimum Gasteiger partial charge on any atom is -0.376 e. The van der Waals surface area contributed by atoms with E-state index in [4.69, 9.17) is 0 Å². The van der Waals surface area contributed by atoms with Gasteiger partial charge in [-0.1, -0.05) is 24.3 Å². The maximum Gasteiger partial charge on any atom is 0.164 e. The predicted octanol–water partition coefficient (Wildman–Crippen LogP) is 4.59. The standard InChI is InChI=1S/C15H14F3N/c1-9-5-3-8-13(17)15(9)19-10(2)11-6-4-7-12(16)14(11)18/h3-8,10,19H,1-2H3. The molecule has 1 unspecified atom stereocenters. The van der Waals surface area contributed by atoms with Crippen molar-refractivity contribution in [1.82, 2.24) is 0 Å². The van der Waals surface area contributed by atoms with Gasteiger partial charge in [-0.3, -0.25) is 0 Å². The van der Waals surface area contributed by atoms with Gasteiger partial charge in [-0.25, -0.2) is 13.2 Å². The predicted molar refractivity (Wildman–Crippen MR) is 69.5 cm³/mol. The highest BCUT2D eigenvalue weighted by Gasteiger charge is 2.16. The summed E-state index contributed by atoms with van der Waals surface area (Å²) in [6, 6.07) is 8.10. The van der Waals surface area contributed by atoms with Crippen molar-refractivity contribution < 1.29 is 13.2 Å². The summed E-state index contributed by atoms with van der Waals surface area (Å²) in [5.41, 5.74) is 1.19. The zero-order chi connectivity index (χ0) is 14.0. The van der Waals surface area contributed by atoms with E-state index >= 15 is 0 Å². The first kappa shape index (κ1) is 13.5. The molecule has 0 saturated carbocycles. The number of hydrogen-bond acceptors (Lipinski definition) is 1. The lowest BCUT2D eigenvalue weighted by Crippen LogP contribution is -2.11. The molecule has 1 N–H and O–H groups in total. The second kappa shape index (κ2) is 5.34. The zero-order valence-electron chi connectivity index (χ0n) is 10.7. The first-order valence-electron chi connectivity index (χ1n) is 5.96. The van der Waals surface area contributed by atoms with Crippen LogP contribution in [0.4, 0.5) is 18.9 Å². The van der Waals surface area contributed by atoms with Crippen molar-refractivity contribution in [2.45, 2.75) is 19.9 Å². The van der Waals surface area contributed by atoms with E-state index in [0.29, 0.717) is 11.3 Å². The average molecular weight is 265 g/mol. The van der Waals surface area contributed by atoms with Crippen LogP contribution in [0.5, 0.6) is 0 Å². The molecule has 0 aliphatic heterocycles. The molecule has 2 aromatic carbocycles. The molecule has 2 rings (SSSR count). The third-order valence-corrected chi connectivity index (χ3v) is 3.03. The Labute approximate surface area is 110 Å². The Bertz CT molecular complexity index is 576. The molecule has 100 valence electrons. The van der Waals surface area contributed by atoms with Crippen LogP contribution >= 0.6 is 0 Å². The van der Waals surface area contributed by atoms with Gasteiger partial charge in [-0.2, -0.15) is 0 Å². The van der Waals surface area contributed by atoms with Gasteiger partial charge in [0.2, 0.25) is 0 Å². The highest BCUT2D eigenvalue weighted by atomic mass is 19.2. The van der Waals surface area contributed by atoms with E-state index in [9.17, 15) is 13.2 Å². The molecule has 0 aliphatic carbocycles. The van der Waals surface area contributed by atoms with Crippen LogP contribution in [0.1, 0.15) is 24.1 Å². The van der Waals surface area contributed by atoms with Crippen molar-refractivity contribution in [3.05, 3.63) is 65.0 Å². The summed E-state index contributed by atoms with van der Waals surface area (Å²) < 4.78 is 40.5. The van der Waals surface area contributed by atoms with Crippen LogP contribution in [0.15, 0.2) is 36.4 Å². The molecule has 0 bridgehead atoms. The third-order valence-electron chi connectivity index (χ3n) is 3.03. The number of aryl methyl sites for hydroxylation is 1. The molecule has 0 heterocycles. The van der Waals surface area contributed by atoms with Gasteiger partial charge in [0.15, 0.2) is 11.6 Å². The van der Waals surface area contributed by atoms with Crippen LogP contribution in [0.25, 0.3) is 0 Å². The number of rotatable bonds is 3. The summed E-state index contributed by atoms with van der Waals surface area (Å²) in [7, 11) is 0. The van der Waals surface area contributed by atoms with Gasteiger partial charge in [-0.15, -0.1) is 0 Å². The highest BCUT2D eigenvalue weighted by molar-refractivity contribution is 5.53. The molecular formula is C15H14F3N. The molecule has 0 fully saturated rings. The van der Waals surface area contributed by atoms with Gasteiger partial charge in [0.05, 0.1) is 11.7 Å². The number of benzene rings is 2. The van der Waals surface area contributed by atoms with Crippen molar-refractivity contribution in [2.75, 3.05) is 5.32 Å². The van der Waals surface area contributed by atoms with E-state index in [1.54, 1.807) is 26.0 Å². The van der Waals surface area contributed by atoms with Gasteiger partial charge in [0, 0.05) is 5.56 Å². The fourth-order valence-electron chi connectivity index (χ4n) is 1.96. The number of nitrogens with one attached hydrogen (secondary N) is 1. The zero-order valence-corrected chi connectivity index (χ0v) is 10.7. The second-order valence-corrected chi connectivity index (χ2v) is 4.44. The van der Waals surface area contributed by atoms with Crippen molar-refractivity contribution in [3.63, 3.8) is 0 Å². The number of para-hydroxylation sites is 1. The largest absolute Gasteiger partial charge is 0.376 e. The topological polar surface area (TPSA) is 12.0 Å². The molecule has 0 radical (unpaired) electrons. The van der Waals surface area contributed by atoms with E-state index in [0.717, 1.165) is 6.07 Å². The minimum atomic E-state index is -0.906. The van der Waals surface area contributed by atoms with E-state index in [1.165, 1.54) is 18.2 Å². The molecule has 0 amide bonds. The molecule has 1 atom stereocenters. The van der Waals surface area contributed by atoms with Crippen LogP contribution in [0.2, 0.25) is 0 Å². The van der Waals surface area contributed by atoms with Crippen LogP contribution in [-0.2, 0) is 0 Å². The lowest BCUT2D eigenvalue weighted by molar-refractivity contribution is 0.494. The van der Waals surface area contributed by atoms with Crippen molar-refractivity contribution in [2.24, 2.45) is 0 Å². The lowest BCUT2D eigenvalue weighted by atomic mass is 10.1. The van der Waals surface area contributed by atoms with Gasteiger partial charge >= 0.3 is 0 Å². The average Bonchev–Trinajstić information content (AvgIpc) is 2.37. The van der Waals surface area contributed by atoms with E-state index in [-0.39, 0.29) is 5.56 Å². The molecule has 4 heteroatoms. The minimum absolute atomic E-state index is 0.169. The van der Waals surface area contributed by atoms with E-state index < -0.39 is 23.5 Å². The second-order valence-electron chi connectivity index (χ2n) is 4.44. The van der Waals surface area contributed by atoms with Crippen molar-refractivity contribution in [1.29, 1.82) is 0 Å². The summed E-state index contributed by atoms with van der Waals surface area (Å²) >= 11 is 0. The van der Waals surface area contributed by atoms with Gasteiger partial charge in [0.1, 0.15) is 5.82 Å². The van der Waals surface area contributed by atoms with E-state index in [1.807, 2.05) is 0 Å². The van der Waals surface area contributed by atoms with Gasteiger partial charge < -0.3 is 5.32 Å². The SMILES string of the molecule is Cc1cccc(F)c1NC(C)c1cccc(F)c1F. The third kappa shape index (κ3) is 2.72. The van der Waals surface area contributed by atoms with E-state index in [2.05, 4.69) is 5.32 Å². The number of hydrogen-bond donors (Lipinski definition) is 1. The van der Waals surface area contributed by atoms with Crippen LogP contribution in [0, 0.1) is 24.4 Å². The van der Waals surface area contributed by atoms with Crippen LogP contribution in [-0.4, -0.2) is 0 Å². The molecule has 19 heavy (non-hydrogen) atoms. The Morgan fingerprint density at radius 3 is 2.26 bits per heavy atom. The Balaban J connectivity index is 2.31. The maximum atomic E-state index is 13.7. The molecule has 0 spiro atoms. The fourth-order valence-corrected chi connectivity index (χ4v) is 1.96. The normalized spacial score (nSPS) is 12.3. The number of halogens is 3. The molecule has 1 nitrogen and oxygen atoms in total. The molecule has 0 saturated heterocycles. The molecule has 0 aliphatic rings. The Hall–Kier alpha value is -1.97. The first-order chi connectivity index (χ1) is 9.00. The molecular weight excluding hydrogens is 251 g/mol. The summed E-state index contributed by atoms with van der Waals surface area (Å²) in [4.78, 5) is 0. The summed E-state index contributed by atoms with van der Waals surface area (Å²) in [5, 5.41) is 2.88. The quantitative estimate of drug-likeness (QED) is 0.856. The monoisotopic (exact) mass is 265 g/mol. The molecule has 0 aromatic heterocycles. The Morgan fingerprint density at radius 2 is 1.58 bits per heavy atom. The van der Waals surface area contributed by atoms with Gasteiger partial charge in [-0.05, 0) is 31.5 Å². The maximum absolute atomic E-state index is 13.7. The summed E-state index contributed by atoms with van der Waals surface area (Å²) in [6.07, 6.45) is 0. The highest BCUT2D eigenvalue weighted by Crippen LogP contribution is 2.26.